The molecule has 0 radical (unpaired) electrons. The Kier molecular flexibility index (Phi) is 3.45. The molecule has 0 saturated carbocycles. The van der Waals surface area contributed by atoms with Crippen LogP contribution in [0.4, 0.5) is 13.2 Å². The van der Waals surface area contributed by atoms with Crippen LogP contribution in [-0.4, -0.2) is 28.4 Å². The van der Waals surface area contributed by atoms with E-state index >= 15 is 0 Å². The van der Waals surface area contributed by atoms with Crippen LogP contribution in [0.2, 0.25) is 0 Å². The number of carboxylic acids is 1. The summed E-state index contributed by atoms with van der Waals surface area (Å²) in [6.07, 6.45) is -4.58. The predicted octanol–water partition coefficient (Wildman–Crippen LogP) is 2.24. The van der Waals surface area contributed by atoms with E-state index in [0.29, 0.717) is 0 Å². The standard InChI is InChI=1S/C13H12F3NO3/c1-7(18)17-5-9-8(10(6-17)12(19)20)3-2-4-11(9)13(14,15)16/h2-4,10H,5-6H2,1H3,(H,19,20). The fourth-order valence-corrected chi connectivity index (χ4v) is 2.40. The quantitative estimate of drug-likeness (QED) is 0.861. The van der Waals surface area contributed by atoms with Gasteiger partial charge in [-0.25, -0.2) is 0 Å². The molecule has 1 aromatic carbocycles. The summed E-state index contributed by atoms with van der Waals surface area (Å²) in [5.74, 6) is -2.82. The molecule has 0 aliphatic carbocycles. The van der Waals surface area contributed by atoms with Crippen LogP contribution in [0.1, 0.15) is 29.5 Å². The normalized spacial score (nSPS) is 18.6. The van der Waals surface area contributed by atoms with E-state index in [1.54, 1.807) is 0 Å². The number of hydrogen-bond acceptors (Lipinski definition) is 2. The van der Waals surface area contributed by atoms with Gasteiger partial charge in [-0.2, -0.15) is 13.2 Å². The number of fused-ring (bicyclic) bond motifs is 1. The highest BCUT2D eigenvalue weighted by Gasteiger charge is 2.39. The number of halogens is 3. The average molecular weight is 287 g/mol. The highest BCUT2D eigenvalue weighted by Crippen LogP contribution is 2.38. The van der Waals surface area contributed by atoms with Gasteiger partial charge < -0.3 is 10.0 Å². The van der Waals surface area contributed by atoms with Crippen molar-refractivity contribution in [3.8, 4) is 0 Å². The van der Waals surface area contributed by atoms with E-state index in [1.165, 1.54) is 19.1 Å². The number of aliphatic carboxylic acids is 1. The maximum absolute atomic E-state index is 13.0. The smallest absolute Gasteiger partial charge is 0.416 e. The van der Waals surface area contributed by atoms with E-state index in [1.807, 2.05) is 0 Å². The molecule has 108 valence electrons. The summed E-state index contributed by atoms with van der Waals surface area (Å²) in [5.41, 5.74) is -0.883. The Labute approximate surface area is 112 Å². The third-order valence-corrected chi connectivity index (χ3v) is 3.39. The van der Waals surface area contributed by atoms with E-state index in [2.05, 4.69) is 0 Å². The molecular formula is C13H12F3NO3. The lowest BCUT2D eigenvalue weighted by Gasteiger charge is -2.33. The topological polar surface area (TPSA) is 57.6 Å². The van der Waals surface area contributed by atoms with Crippen molar-refractivity contribution >= 4 is 11.9 Å². The number of carboxylic acid groups (broad SMARTS) is 1. The van der Waals surface area contributed by atoms with Crippen LogP contribution in [0.5, 0.6) is 0 Å². The monoisotopic (exact) mass is 287 g/mol. The van der Waals surface area contributed by atoms with Crippen LogP contribution < -0.4 is 0 Å². The summed E-state index contributed by atoms with van der Waals surface area (Å²) in [7, 11) is 0. The molecular weight excluding hydrogens is 275 g/mol. The fraction of sp³-hybridized carbons (Fsp3) is 0.385. The predicted molar refractivity (Wildman–Crippen MR) is 62.9 cm³/mol. The van der Waals surface area contributed by atoms with E-state index in [4.69, 9.17) is 5.11 Å². The zero-order valence-electron chi connectivity index (χ0n) is 10.6. The van der Waals surface area contributed by atoms with Gasteiger partial charge in [0.15, 0.2) is 0 Å². The Hall–Kier alpha value is -2.05. The zero-order valence-corrected chi connectivity index (χ0v) is 10.6. The Morgan fingerprint density at radius 2 is 2.00 bits per heavy atom. The lowest BCUT2D eigenvalue weighted by molar-refractivity contribution is -0.144. The summed E-state index contributed by atoms with van der Waals surface area (Å²) in [5, 5.41) is 9.16. The molecule has 0 saturated heterocycles. The second-order valence-electron chi connectivity index (χ2n) is 4.66. The zero-order chi connectivity index (χ0) is 15.1. The van der Waals surface area contributed by atoms with Crippen LogP contribution in [0, 0.1) is 0 Å². The molecule has 0 aromatic heterocycles. The molecule has 1 amide bonds. The lowest BCUT2D eigenvalue weighted by atomic mass is 9.86. The number of amides is 1. The molecule has 1 N–H and O–H groups in total. The van der Waals surface area contributed by atoms with Crippen molar-refractivity contribution < 1.29 is 27.9 Å². The van der Waals surface area contributed by atoms with Crippen molar-refractivity contribution in [2.45, 2.75) is 25.6 Å². The minimum Gasteiger partial charge on any atom is -0.481 e. The molecule has 7 heteroatoms. The largest absolute Gasteiger partial charge is 0.481 e. The summed E-state index contributed by atoms with van der Waals surface area (Å²) < 4.78 is 38.9. The Morgan fingerprint density at radius 3 is 2.50 bits per heavy atom. The third kappa shape index (κ3) is 2.48. The average Bonchev–Trinajstić information content (AvgIpc) is 2.35. The van der Waals surface area contributed by atoms with Crippen LogP contribution in [0.15, 0.2) is 18.2 Å². The second-order valence-corrected chi connectivity index (χ2v) is 4.66. The van der Waals surface area contributed by atoms with Crippen LogP contribution in [0.25, 0.3) is 0 Å². The molecule has 0 spiro atoms. The van der Waals surface area contributed by atoms with Crippen molar-refractivity contribution in [1.29, 1.82) is 0 Å². The van der Waals surface area contributed by atoms with Gasteiger partial charge in [0.2, 0.25) is 5.91 Å². The highest BCUT2D eigenvalue weighted by atomic mass is 19.4. The van der Waals surface area contributed by atoms with Crippen molar-refractivity contribution in [2.24, 2.45) is 0 Å². The number of benzene rings is 1. The Morgan fingerprint density at radius 1 is 1.35 bits per heavy atom. The molecule has 2 rings (SSSR count). The van der Waals surface area contributed by atoms with Crippen molar-refractivity contribution in [1.82, 2.24) is 4.90 Å². The van der Waals surface area contributed by atoms with E-state index in [-0.39, 0.29) is 24.2 Å². The van der Waals surface area contributed by atoms with Gasteiger partial charge in [0, 0.05) is 20.0 Å². The highest BCUT2D eigenvalue weighted by molar-refractivity contribution is 5.80. The van der Waals surface area contributed by atoms with Crippen LogP contribution in [-0.2, 0) is 22.3 Å². The Balaban J connectivity index is 2.59. The van der Waals surface area contributed by atoms with Gasteiger partial charge in [0.25, 0.3) is 0 Å². The van der Waals surface area contributed by atoms with E-state index in [9.17, 15) is 22.8 Å². The number of carbonyl (C=O) groups is 2. The molecule has 1 unspecified atom stereocenters. The molecule has 1 atom stereocenters. The second kappa shape index (κ2) is 4.81. The summed E-state index contributed by atoms with van der Waals surface area (Å²) >= 11 is 0. The van der Waals surface area contributed by atoms with Gasteiger partial charge in [-0.1, -0.05) is 12.1 Å². The Bertz CT molecular complexity index is 568. The van der Waals surface area contributed by atoms with Gasteiger partial charge in [-0.15, -0.1) is 0 Å². The van der Waals surface area contributed by atoms with Gasteiger partial charge in [0.1, 0.15) is 0 Å². The summed E-state index contributed by atoms with van der Waals surface area (Å²) in [4.78, 5) is 23.7. The molecule has 1 aliphatic rings. The lowest BCUT2D eigenvalue weighted by Crippen LogP contribution is -2.40. The first-order chi connectivity index (χ1) is 9.21. The number of alkyl halides is 3. The third-order valence-electron chi connectivity index (χ3n) is 3.39. The maximum atomic E-state index is 13.0. The molecule has 0 bridgehead atoms. The maximum Gasteiger partial charge on any atom is 0.416 e. The van der Waals surface area contributed by atoms with Crippen molar-refractivity contribution in [3.05, 3.63) is 34.9 Å². The van der Waals surface area contributed by atoms with Crippen LogP contribution >= 0.6 is 0 Å². The van der Waals surface area contributed by atoms with Crippen molar-refractivity contribution in [3.63, 3.8) is 0 Å². The van der Waals surface area contributed by atoms with Crippen molar-refractivity contribution in [2.75, 3.05) is 6.54 Å². The molecule has 1 heterocycles. The fourth-order valence-electron chi connectivity index (χ4n) is 2.40. The van der Waals surface area contributed by atoms with Gasteiger partial charge >= 0.3 is 12.1 Å². The first-order valence-electron chi connectivity index (χ1n) is 5.89. The number of hydrogen-bond donors (Lipinski definition) is 1. The molecule has 1 aromatic rings. The van der Waals surface area contributed by atoms with Gasteiger partial charge in [-0.3, -0.25) is 9.59 Å². The van der Waals surface area contributed by atoms with Gasteiger partial charge in [-0.05, 0) is 17.2 Å². The number of rotatable bonds is 1. The number of carbonyl (C=O) groups excluding carboxylic acids is 1. The SMILES string of the molecule is CC(=O)N1Cc2c(cccc2C(F)(F)F)C(C(=O)O)C1. The first-order valence-corrected chi connectivity index (χ1v) is 5.89. The molecule has 1 aliphatic heterocycles. The van der Waals surface area contributed by atoms with Crippen LogP contribution in [0.3, 0.4) is 0 Å². The molecule has 20 heavy (non-hydrogen) atoms. The first kappa shape index (κ1) is 14.4. The minimum absolute atomic E-state index is 0.112. The van der Waals surface area contributed by atoms with E-state index < -0.39 is 29.5 Å². The summed E-state index contributed by atoms with van der Waals surface area (Å²) in [6.45, 7) is 0.878. The summed E-state index contributed by atoms with van der Waals surface area (Å²) in [6, 6.07) is 3.48. The molecule has 4 nitrogen and oxygen atoms in total. The van der Waals surface area contributed by atoms with Gasteiger partial charge in [0.05, 0.1) is 11.5 Å². The van der Waals surface area contributed by atoms with E-state index in [0.717, 1.165) is 11.0 Å². The molecule has 0 fully saturated rings. The minimum atomic E-state index is -4.58. The number of nitrogens with zero attached hydrogens (tertiary/aromatic N) is 1.